The van der Waals surface area contributed by atoms with Crippen molar-refractivity contribution in [1.82, 2.24) is 5.32 Å². The zero-order valence-corrected chi connectivity index (χ0v) is 13.2. The summed E-state index contributed by atoms with van der Waals surface area (Å²) in [7, 11) is 0. The zero-order chi connectivity index (χ0) is 14.4. The third kappa shape index (κ3) is 4.57. The Hall–Kier alpha value is -0.930. The van der Waals surface area contributed by atoms with Crippen LogP contribution in [-0.2, 0) is 0 Å². The lowest BCUT2D eigenvalue weighted by Crippen LogP contribution is -2.29. The highest BCUT2D eigenvalue weighted by atomic mass is 35.5. The summed E-state index contributed by atoms with van der Waals surface area (Å²) in [6.45, 7) is 6.20. The van der Waals surface area contributed by atoms with E-state index >= 15 is 0 Å². The van der Waals surface area contributed by atoms with Gasteiger partial charge >= 0.3 is 0 Å². The van der Waals surface area contributed by atoms with Crippen molar-refractivity contribution in [2.24, 2.45) is 0 Å². The van der Waals surface area contributed by atoms with Gasteiger partial charge in [-0.25, -0.2) is 0 Å². The third-order valence-corrected chi connectivity index (χ3v) is 3.84. The average molecular weight is 297 g/mol. The lowest BCUT2D eigenvalue weighted by atomic mass is 10.1. The summed E-state index contributed by atoms with van der Waals surface area (Å²) in [5.41, 5.74) is 0.997. The molecule has 2 atom stereocenters. The molecule has 0 aromatic heterocycles. The van der Waals surface area contributed by atoms with Crippen molar-refractivity contribution in [3.05, 3.63) is 23.2 Å². The van der Waals surface area contributed by atoms with Gasteiger partial charge in [-0.05, 0) is 57.4 Å². The van der Waals surface area contributed by atoms with Gasteiger partial charge < -0.3 is 15.4 Å². The minimum Gasteiger partial charge on any atom is -0.491 e. The molecule has 1 saturated heterocycles. The van der Waals surface area contributed by atoms with Gasteiger partial charge in [-0.15, -0.1) is 0 Å². The highest BCUT2D eigenvalue weighted by Gasteiger charge is 2.17. The molecule has 2 N–H and O–H groups in total. The molecule has 0 saturated carbocycles. The molecule has 1 aromatic rings. The van der Waals surface area contributed by atoms with E-state index in [4.69, 9.17) is 16.3 Å². The summed E-state index contributed by atoms with van der Waals surface area (Å²) in [5, 5.41) is 7.81. The predicted molar refractivity (Wildman–Crippen MR) is 86.0 cm³/mol. The van der Waals surface area contributed by atoms with Crippen LogP contribution in [0.5, 0.6) is 5.75 Å². The number of hydrogen-bond acceptors (Lipinski definition) is 3. The van der Waals surface area contributed by atoms with E-state index in [1.165, 1.54) is 12.8 Å². The lowest BCUT2D eigenvalue weighted by Gasteiger charge is -2.21. The molecule has 112 valence electrons. The Morgan fingerprint density at radius 2 is 2.35 bits per heavy atom. The quantitative estimate of drug-likeness (QED) is 0.796. The number of benzene rings is 1. The molecule has 2 unspecified atom stereocenters. The molecule has 1 aliphatic heterocycles. The first-order chi connectivity index (χ1) is 9.69. The van der Waals surface area contributed by atoms with Crippen molar-refractivity contribution in [2.45, 2.75) is 51.6 Å². The summed E-state index contributed by atoms with van der Waals surface area (Å²) in [6.07, 6.45) is 4.70. The topological polar surface area (TPSA) is 33.3 Å². The fourth-order valence-corrected chi connectivity index (χ4v) is 2.83. The smallest absolute Gasteiger partial charge is 0.142 e. The number of nitrogens with one attached hydrogen (secondary N) is 2. The van der Waals surface area contributed by atoms with E-state index in [2.05, 4.69) is 24.5 Å². The SMILES string of the molecule is CCCOc1ccc(Cl)cc1NC(C)CC1CCCN1. The molecule has 3 nitrogen and oxygen atoms in total. The van der Waals surface area contributed by atoms with Crippen molar-refractivity contribution in [3.63, 3.8) is 0 Å². The van der Waals surface area contributed by atoms with Crippen LogP contribution in [0.2, 0.25) is 5.02 Å². The van der Waals surface area contributed by atoms with Gasteiger partial charge in [0, 0.05) is 17.1 Å². The third-order valence-electron chi connectivity index (χ3n) is 3.61. The van der Waals surface area contributed by atoms with Gasteiger partial charge in [0.05, 0.1) is 12.3 Å². The minimum absolute atomic E-state index is 0.396. The predicted octanol–water partition coefficient (Wildman–Crippen LogP) is 4.07. The summed E-state index contributed by atoms with van der Waals surface area (Å²) >= 11 is 6.10. The van der Waals surface area contributed by atoms with Gasteiger partial charge in [0.1, 0.15) is 5.75 Å². The van der Waals surface area contributed by atoms with Crippen LogP contribution in [0.25, 0.3) is 0 Å². The normalized spacial score (nSPS) is 19.9. The van der Waals surface area contributed by atoms with Crippen molar-refractivity contribution < 1.29 is 4.74 Å². The number of hydrogen-bond donors (Lipinski definition) is 2. The van der Waals surface area contributed by atoms with Crippen LogP contribution in [0.4, 0.5) is 5.69 Å². The summed E-state index contributed by atoms with van der Waals surface area (Å²) in [4.78, 5) is 0. The van der Waals surface area contributed by atoms with Crippen LogP contribution in [0, 0.1) is 0 Å². The Morgan fingerprint density at radius 3 is 3.05 bits per heavy atom. The Kier molecular flexibility index (Phi) is 5.99. The maximum Gasteiger partial charge on any atom is 0.142 e. The van der Waals surface area contributed by atoms with Gasteiger partial charge in [0.15, 0.2) is 0 Å². The van der Waals surface area contributed by atoms with Crippen LogP contribution in [0.1, 0.15) is 39.5 Å². The lowest BCUT2D eigenvalue weighted by molar-refractivity contribution is 0.318. The summed E-state index contributed by atoms with van der Waals surface area (Å²) in [6, 6.07) is 6.80. The molecule has 0 radical (unpaired) electrons. The molecule has 1 fully saturated rings. The van der Waals surface area contributed by atoms with Gasteiger partial charge in [-0.3, -0.25) is 0 Å². The molecule has 20 heavy (non-hydrogen) atoms. The molecule has 4 heteroatoms. The molecule has 2 rings (SSSR count). The van der Waals surface area contributed by atoms with Crippen molar-refractivity contribution in [3.8, 4) is 5.75 Å². The van der Waals surface area contributed by atoms with E-state index in [0.29, 0.717) is 12.1 Å². The van der Waals surface area contributed by atoms with Crippen LogP contribution >= 0.6 is 11.6 Å². The molecule has 1 aliphatic rings. The number of anilines is 1. The van der Waals surface area contributed by atoms with E-state index < -0.39 is 0 Å². The van der Waals surface area contributed by atoms with E-state index in [1.807, 2.05) is 18.2 Å². The van der Waals surface area contributed by atoms with Gasteiger partial charge in [-0.1, -0.05) is 18.5 Å². The Balaban J connectivity index is 1.96. The Morgan fingerprint density at radius 1 is 1.50 bits per heavy atom. The first-order valence-electron chi connectivity index (χ1n) is 7.61. The summed E-state index contributed by atoms with van der Waals surface area (Å²) < 4.78 is 5.78. The number of halogens is 1. The van der Waals surface area contributed by atoms with Gasteiger partial charge in [0.25, 0.3) is 0 Å². The molecule has 0 bridgehead atoms. The molecule has 0 spiro atoms. The van der Waals surface area contributed by atoms with Gasteiger partial charge in [-0.2, -0.15) is 0 Å². The molecular weight excluding hydrogens is 272 g/mol. The first-order valence-corrected chi connectivity index (χ1v) is 7.99. The number of rotatable bonds is 7. The highest BCUT2D eigenvalue weighted by molar-refractivity contribution is 6.30. The molecular formula is C16H25ClN2O. The maximum atomic E-state index is 6.10. The fraction of sp³-hybridized carbons (Fsp3) is 0.625. The second-order valence-electron chi connectivity index (χ2n) is 5.56. The zero-order valence-electron chi connectivity index (χ0n) is 12.4. The van der Waals surface area contributed by atoms with Crippen molar-refractivity contribution >= 4 is 17.3 Å². The maximum absolute atomic E-state index is 6.10. The molecule has 0 amide bonds. The first kappa shape index (κ1) is 15.5. The monoisotopic (exact) mass is 296 g/mol. The molecule has 1 heterocycles. The summed E-state index contributed by atoms with van der Waals surface area (Å²) in [5.74, 6) is 0.891. The highest BCUT2D eigenvalue weighted by Crippen LogP contribution is 2.29. The standard InChI is InChI=1S/C16H25ClN2O/c1-3-9-20-16-7-6-13(17)11-15(16)19-12(2)10-14-5-4-8-18-14/h6-7,11-12,14,18-19H,3-5,8-10H2,1-2H3. The number of ether oxygens (including phenoxy) is 1. The molecule has 1 aromatic carbocycles. The van der Waals surface area contributed by atoms with Crippen LogP contribution in [0.3, 0.4) is 0 Å². The Bertz CT molecular complexity index is 419. The fourth-order valence-electron chi connectivity index (χ4n) is 2.66. The van der Waals surface area contributed by atoms with Crippen LogP contribution in [0.15, 0.2) is 18.2 Å². The average Bonchev–Trinajstić information content (AvgIpc) is 2.90. The van der Waals surface area contributed by atoms with Crippen LogP contribution < -0.4 is 15.4 Å². The minimum atomic E-state index is 0.396. The van der Waals surface area contributed by atoms with Crippen molar-refractivity contribution in [1.29, 1.82) is 0 Å². The van der Waals surface area contributed by atoms with E-state index in [0.717, 1.165) is 42.5 Å². The van der Waals surface area contributed by atoms with E-state index in [-0.39, 0.29) is 0 Å². The van der Waals surface area contributed by atoms with E-state index in [1.54, 1.807) is 0 Å². The second-order valence-corrected chi connectivity index (χ2v) is 6.00. The van der Waals surface area contributed by atoms with Gasteiger partial charge in [0.2, 0.25) is 0 Å². The second kappa shape index (κ2) is 7.75. The van der Waals surface area contributed by atoms with E-state index in [9.17, 15) is 0 Å². The van der Waals surface area contributed by atoms with Crippen LogP contribution in [-0.4, -0.2) is 25.2 Å². The molecule has 0 aliphatic carbocycles. The Labute approximate surface area is 127 Å². The van der Waals surface area contributed by atoms with Crippen molar-refractivity contribution in [2.75, 3.05) is 18.5 Å². The largest absolute Gasteiger partial charge is 0.491 e.